The van der Waals surface area contributed by atoms with E-state index in [2.05, 4.69) is 4.98 Å². The van der Waals surface area contributed by atoms with Gasteiger partial charge in [-0.2, -0.15) is 30.4 Å². The van der Waals surface area contributed by atoms with Crippen molar-refractivity contribution < 1.29 is 39.3 Å². The Morgan fingerprint density at radius 2 is 1.50 bits per heavy atom. The summed E-state index contributed by atoms with van der Waals surface area (Å²) in [5.41, 5.74) is 0. The highest BCUT2D eigenvalue weighted by Gasteiger charge is 2.55. The second-order valence-corrected chi connectivity index (χ2v) is 4.84. The molecule has 1 rings (SSSR count). The molecular formula is C9H9F6NO3S. The minimum Gasteiger partial charge on any atom is -0.281 e. The second-order valence-electron chi connectivity index (χ2n) is 3.35. The minimum absolute atomic E-state index is 1.75. The summed E-state index contributed by atoms with van der Waals surface area (Å²) in [6.45, 7) is 0. The fourth-order valence-electron chi connectivity index (χ4n) is 0.796. The van der Waals surface area contributed by atoms with Crippen molar-refractivity contribution in [2.75, 3.05) is 0 Å². The molecule has 1 unspecified atom stereocenters. The van der Waals surface area contributed by atoms with Gasteiger partial charge >= 0.3 is 21.5 Å². The van der Waals surface area contributed by atoms with Crippen LogP contribution in [0, 0.1) is 0 Å². The second kappa shape index (κ2) is 6.88. The summed E-state index contributed by atoms with van der Waals surface area (Å²) in [4.78, 5) is 3.78. The molecule has 20 heavy (non-hydrogen) atoms. The van der Waals surface area contributed by atoms with Gasteiger partial charge in [0.05, 0.1) is 6.42 Å². The molecule has 0 saturated carbocycles. The SMILES string of the molecule is O=S(=O)(O)C(F)(F)C(F)CC(F)(F)F.c1ccncc1. The fraction of sp³-hybridized carbons (Fsp3) is 0.444. The van der Waals surface area contributed by atoms with E-state index < -0.39 is 34.1 Å². The third-order valence-corrected chi connectivity index (χ3v) is 2.63. The molecule has 4 nitrogen and oxygen atoms in total. The van der Waals surface area contributed by atoms with Gasteiger partial charge in [-0.3, -0.25) is 9.54 Å². The van der Waals surface area contributed by atoms with Gasteiger partial charge in [0.2, 0.25) is 0 Å². The topological polar surface area (TPSA) is 67.3 Å². The van der Waals surface area contributed by atoms with Crippen LogP contribution in [0.25, 0.3) is 0 Å². The molecule has 0 spiro atoms. The molecule has 0 aliphatic carbocycles. The summed E-state index contributed by atoms with van der Waals surface area (Å²) >= 11 is 0. The quantitative estimate of drug-likeness (QED) is 0.685. The molecule has 1 heterocycles. The molecule has 0 aromatic carbocycles. The Bertz CT molecular complexity index is 463. The molecule has 1 aromatic heterocycles. The lowest BCUT2D eigenvalue weighted by molar-refractivity contribution is -0.163. The number of hydrogen-bond donors (Lipinski definition) is 1. The van der Waals surface area contributed by atoms with Crippen LogP contribution in [-0.4, -0.2) is 35.6 Å². The molecular weight excluding hydrogens is 316 g/mol. The van der Waals surface area contributed by atoms with Crippen LogP contribution >= 0.6 is 0 Å². The third kappa shape index (κ3) is 6.70. The first kappa shape index (κ1) is 18.6. The maximum absolute atomic E-state index is 12.2. The summed E-state index contributed by atoms with van der Waals surface area (Å²) in [5, 5.41) is -5.46. The maximum atomic E-state index is 12.2. The first-order valence-corrected chi connectivity index (χ1v) is 6.22. The molecule has 1 N–H and O–H groups in total. The Hall–Kier alpha value is -1.36. The molecule has 1 aromatic rings. The van der Waals surface area contributed by atoms with Crippen LogP contribution in [0.5, 0.6) is 0 Å². The Kier molecular flexibility index (Phi) is 6.41. The smallest absolute Gasteiger partial charge is 0.281 e. The average molecular weight is 325 g/mol. The Morgan fingerprint density at radius 3 is 1.70 bits per heavy atom. The van der Waals surface area contributed by atoms with Crippen molar-refractivity contribution in [1.82, 2.24) is 4.98 Å². The van der Waals surface area contributed by atoms with Crippen molar-refractivity contribution in [2.24, 2.45) is 0 Å². The van der Waals surface area contributed by atoms with Crippen molar-refractivity contribution in [3.8, 4) is 0 Å². The molecule has 0 fully saturated rings. The van der Waals surface area contributed by atoms with Gasteiger partial charge in [-0.05, 0) is 12.1 Å². The van der Waals surface area contributed by atoms with Crippen molar-refractivity contribution in [2.45, 2.75) is 24.0 Å². The van der Waals surface area contributed by atoms with Crippen LogP contribution in [0.4, 0.5) is 26.3 Å². The maximum Gasteiger partial charge on any atom is 0.400 e. The summed E-state index contributed by atoms with van der Waals surface area (Å²) in [7, 11) is -6.18. The molecule has 0 aliphatic rings. The highest BCUT2D eigenvalue weighted by atomic mass is 32.2. The third-order valence-electron chi connectivity index (χ3n) is 1.69. The zero-order valence-electron chi connectivity index (χ0n) is 9.56. The zero-order chi connectivity index (χ0) is 16.0. The van der Waals surface area contributed by atoms with Gasteiger partial charge < -0.3 is 0 Å². The molecule has 0 amide bonds. The summed E-state index contributed by atoms with van der Waals surface area (Å²) in [5.74, 6) is 0. The van der Waals surface area contributed by atoms with Gasteiger partial charge in [-0.25, -0.2) is 4.39 Å². The van der Waals surface area contributed by atoms with E-state index in [1.54, 1.807) is 12.4 Å². The number of aromatic nitrogens is 1. The molecule has 0 bridgehead atoms. The number of halogens is 6. The Morgan fingerprint density at radius 1 is 1.05 bits per heavy atom. The van der Waals surface area contributed by atoms with Gasteiger partial charge in [0, 0.05) is 12.4 Å². The van der Waals surface area contributed by atoms with E-state index in [4.69, 9.17) is 4.55 Å². The summed E-state index contributed by atoms with van der Waals surface area (Å²) < 4.78 is 97.9. The molecule has 1 atom stereocenters. The van der Waals surface area contributed by atoms with Gasteiger partial charge in [0.1, 0.15) is 0 Å². The van der Waals surface area contributed by atoms with Crippen molar-refractivity contribution in [3.05, 3.63) is 30.6 Å². The summed E-state index contributed by atoms with van der Waals surface area (Å²) in [6.07, 6.45) is -8.47. The standard InChI is InChI=1S/C5H5N.C4H4F6O3S/c1-2-4-6-5-3-1;5-2(1-3(6,7)8)4(9,10)14(11,12)13/h1-5H;2H,1H2,(H,11,12,13). The lowest BCUT2D eigenvalue weighted by Gasteiger charge is -2.18. The number of pyridine rings is 1. The van der Waals surface area contributed by atoms with E-state index in [9.17, 15) is 34.8 Å². The monoisotopic (exact) mass is 325 g/mol. The average Bonchev–Trinajstić information content (AvgIpc) is 2.28. The number of nitrogens with zero attached hydrogens (tertiary/aromatic N) is 1. The minimum atomic E-state index is -6.18. The van der Waals surface area contributed by atoms with E-state index in [-0.39, 0.29) is 0 Å². The van der Waals surface area contributed by atoms with Gasteiger partial charge in [0.25, 0.3) is 0 Å². The first-order chi connectivity index (χ1) is 8.88. The molecule has 116 valence electrons. The Labute approximate surface area is 110 Å². The predicted molar refractivity (Wildman–Crippen MR) is 56.3 cm³/mol. The van der Waals surface area contributed by atoms with Crippen LogP contribution in [0.15, 0.2) is 30.6 Å². The van der Waals surface area contributed by atoms with E-state index in [1.165, 1.54) is 0 Å². The highest BCUT2D eigenvalue weighted by Crippen LogP contribution is 2.34. The van der Waals surface area contributed by atoms with Gasteiger partial charge in [-0.1, -0.05) is 6.07 Å². The van der Waals surface area contributed by atoms with Crippen LogP contribution < -0.4 is 0 Å². The number of hydrogen-bond acceptors (Lipinski definition) is 3. The van der Waals surface area contributed by atoms with E-state index in [0.29, 0.717) is 0 Å². The zero-order valence-corrected chi connectivity index (χ0v) is 10.4. The van der Waals surface area contributed by atoms with Crippen LogP contribution in [0.3, 0.4) is 0 Å². The van der Waals surface area contributed by atoms with Gasteiger partial charge in [0.15, 0.2) is 6.17 Å². The Balaban J connectivity index is 0.000000493. The number of rotatable bonds is 3. The van der Waals surface area contributed by atoms with Gasteiger partial charge in [-0.15, -0.1) is 0 Å². The predicted octanol–water partition coefficient (Wildman–Crippen LogP) is 2.84. The van der Waals surface area contributed by atoms with E-state index >= 15 is 0 Å². The fourth-order valence-corrected chi connectivity index (χ4v) is 1.20. The largest absolute Gasteiger partial charge is 0.400 e. The lowest BCUT2D eigenvalue weighted by atomic mass is 10.3. The van der Waals surface area contributed by atoms with Crippen molar-refractivity contribution in [3.63, 3.8) is 0 Å². The van der Waals surface area contributed by atoms with E-state index in [1.807, 2.05) is 18.2 Å². The number of alkyl halides is 6. The van der Waals surface area contributed by atoms with Crippen LogP contribution in [0.1, 0.15) is 6.42 Å². The molecule has 0 saturated heterocycles. The highest BCUT2D eigenvalue weighted by molar-refractivity contribution is 7.86. The van der Waals surface area contributed by atoms with Crippen LogP contribution in [0.2, 0.25) is 0 Å². The lowest BCUT2D eigenvalue weighted by Crippen LogP contribution is -2.40. The van der Waals surface area contributed by atoms with Crippen LogP contribution in [-0.2, 0) is 10.1 Å². The van der Waals surface area contributed by atoms with E-state index in [0.717, 1.165) is 0 Å². The van der Waals surface area contributed by atoms with Crippen molar-refractivity contribution >= 4 is 10.1 Å². The molecule has 0 radical (unpaired) electrons. The first-order valence-electron chi connectivity index (χ1n) is 4.78. The molecule has 11 heteroatoms. The normalized spacial score (nSPS) is 14.2. The summed E-state index contributed by atoms with van der Waals surface area (Å²) in [6, 6.07) is 5.72. The molecule has 0 aliphatic heterocycles. The van der Waals surface area contributed by atoms with Crippen molar-refractivity contribution in [1.29, 1.82) is 0 Å².